The van der Waals surface area contributed by atoms with Gasteiger partial charge in [0.2, 0.25) is 5.91 Å². The van der Waals surface area contributed by atoms with Crippen molar-refractivity contribution < 1.29 is 9.00 Å². The number of rotatable bonds is 4. The number of carbonyl (C=O) groups is 1. The van der Waals surface area contributed by atoms with Crippen molar-refractivity contribution in [1.29, 1.82) is 0 Å². The maximum Gasteiger partial charge on any atom is 0.224 e. The van der Waals surface area contributed by atoms with Gasteiger partial charge in [0.15, 0.2) is 0 Å². The monoisotopic (exact) mass is 232 g/mol. The number of nitrogens with one attached hydrogen (secondary N) is 2. The van der Waals surface area contributed by atoms with Gasteiger partial charge in [0.25, 0.3) is 0 Å². The Morgan fingerprint density at radius 1 is 1.67 bits per heavy atom. The van der Waals surface area contributed by atoms with Crippen LogP contribution in [0.5, 0.6) is 0 Å². The first kappa shape index (κ1) is 12.6. The normalized spacial score (nSPS) is 25.6. The predicted molar refractivity (Wildman–Crippen MR) is 62.1 cm³/mol. The minimum Gasteiger partial charge on any atom is -0.352 e. The zero-order valence-electron chi connectivity index (χ0n) is 9.41. The minimum atomic E-state index is -0.847. The van der Waals surface area contributed by atoms with Gasteiger partial charge in [-0.1, -0.05) is 0 Å². The molecular weight excluding hydrogens is 212 g/mol. The Bertz CT molecular complexity index is 240. The van der Waals surface area contributed by atoms with E-state index in [9.17, 15) is 9.00 Å². The van der Waals surface area contributed by atoms with Crippen molar-refractivity contribution in [3.8, 4) is 0 Å². The van der Waals surface area contributed by atoms with Crippen LogP contribution < -0.4 is 10.6 Å². The lowest BCUT2D eigenvalue weighted by Gasteiger charge is -2.23. The average Bonchev–Trinajstić information content (AvgIpc) is 2.17. The van der Waals surface area contributed by atoms with Crippen LogP contribution in [0.4, 0.5) is 0 Å². The van der Waals surface area contributed by atoms with Crippen LogP contribution in [0.25, 0.3) is 0 Å². The fourth-order valence-corrected chi connectivity index (χ4v) is 2.62. The number of hydrogen-bond acceptors (Lipinski definition) is 3. The molecule has 0 aromatic heterocycles. The molecule has 0 bridgehead atoms. The van der Waals surface area contributed by atoms with E-state index >= 15 is 0 Å². The standard InChI is InChI=1S/C10H20N2O2S/c1-8(7-15(2)14)12-10(13)9-4-3-5-11-6-9/h8-9,11H,3-7H2,1-2H3,(H,12,13)/t8?,9-,15?/m1/s1. The van der Waals surface area contributed by atoms with E-state index in [4.69, 9.17) is 0 Å². The first-order valence-electron chi connectivity index (χ1n) is 5.40. The summed E-state index contributed by atoms with van der Waals surface area (Å²) in [6.45, 7) is 3.68. The van der Waals surface area contributed by atoms with Crippen LogP contribution in [0.15, 0.2) is 0 Å². The molecule has 15 heavy (non-hydrogen) atoms. The molecule has 4 nitrogen and oxygen atoms in total. The highest BCUT2D eigenvalue weighted by atomic mass is 32.2. The summed E-state index contributed by atoms with van der Waals surface area (Å²) in [7, 11) is -0.847. The van der Waals surface area contributed by atoms with Gasteiger partial charge >= 0.3 is 0 Å². The van der Waals surface area contributed by atoms with E-state index in [0.29, 0.717) is 5.75 Å². The highest BCUT2D eigenvalue weighted by Crippen LogP contribution is 2.09. The van der Waals surface area contributed by atoms with Gasteiger partial charge in [-0.05, 0) is 26.3 Å². The lowest BCUT2D eigenvalue weighted by atomic mass is 9.98. The van der Waals surface area contributed by atoms with Gasteiger partial charge in [0.1, 0.15) is 0 Å². The molecule has 5 heteroatoms. The first-order chi connectivity index (χ1) is 7.09. The van der Waals surface area contributed by atoms with Gasteiger partial charge in [-0.3, -0.25) is 9.00 Å². The van der Waals surface area contributed by atoms with Crippen LogP contribution in [-0.2, 0) is 15.6 Å². The van der Waals surface area contributed by atoms with Crippen molar-refractivity contribution in [3.05, 3.63) is 0 Å². The van der Waals surface area contributed by atoms with E-state index < -0.39 is 10.8 Å². The molecule has 2 N–H and O–H groups in total. The van der Waals surface area contributed by atoms with Crippen molar-refractivity contribution in [2.45, 2.75) is 25.8 Å². The predicted octanol–water partition coefficient (Wildman–Crippen LogP) is -0.131. The van der Waals surface area contributed by atoms with Gasteiger partial charge in [-0.2, -0.15) is 0 Å². The Labute approximate surface area is 93.7 Å². The first-order valence-corrected chi connectivity index (χ1v) is 7.13. The van der Waals surface area contributed by atoms with Crippen molar-refractivity contribution in [2.24, 2.45) is 5.92 Å². The zero-order valence-corrected chi connectivity index (χ0v) is 10.2. The SMILES string of the molecule is CC(CS(C)=O)NC(=O)[C@@H]1CCCNC1. The Morgan fingerprint density at radius 2 is 2.40 bits per heavy atom. The van der Waals surface area contributed by atoms with Crippen molar-refractivity contribution in [2.75, 3.05) is 25.1 Å². The lowest BCUT2D eigenvalue weighted by Crippen LogP contribution is -2.45. The quantitative estimate of drug-likeness (QED) is 0.710. The van der Waals surface area contributed by atoms with Crippen LogP contribution in [-0.4, -0.2) is 41.3 Å². The van der Waals surface area contributed by atoms with Crippen LogP contribution in [0, 0.1) is 5.92 Å². The average molecular weight is 232 g/mol. The lowest BCUT2D eigenvalue weighted by molar-refractivity contribution is -0.125. The molecule has 0 aliphatic carbocycles. The van der Waals surface area contributed by atoms with E-state index in [1.54, 1.807) is 6.26 Å². The Hall–Kier alpha value is -0.420. The fourth-order valence-electron chi connectivity index (χ4n) is 1.83. The molecule has 0 aromatic carbocycles. The second-order valence-electron chi connectivity index (χ2n) is 4.19. The van der Waals surface area contributed by atoms with Crippen LogP contribution >= 0.6 is 0 Å². The molecule has 0 aromatic rings. The summed E-state index contributed by atoms with van der Waals surface area (Å²) in [5, 5.41) is 6.12. The largest absolute Gasteiger partial charge is 0.352 e. The molecule has 1 rings (SSSR count). The van der Waals surface area contributed by atoms with Gasteiger partial charge in [-0.25, -0.2) is 0 Å². The summed E-state index contributed by atoms with van der Waals surface area (Å²) < 4.78 is 11.0. The molecule has 1 aliphatic rings. The maximum absolute atomic E-state index is 11.7. The third-order valence-electron chi connectivity index (χ3n) is 2.54. The van der Waals surface area contributed by atoms with E-state index in [1.165, 1.54) is 0 Å². The molecule has 1 amide bonds. The summed E-state index contributed by atoms with van der Waals surface area (Å²) in [5.74, 6) is 0.720. The molecule has 1 saturated heterocycles. The van der Waals surface area contributed by atoms with E-state index in [0.717, 1.165) is 25.9 Å². The molecule has 2 unspecified atom stereocenters. The zero-order chi connectivity index (χ0) is 11.3. The van der Waals surface area contributed by atoms with Crippen LogP contribution in [0.2, 0.25) is 0 Å². The highest BCUT2D eigenvalue weighted by molar-refractivity contribution is 7.84. The minimum absolute atomic E-state index is 0.00487. The molecule has 88 valence electrons. The summed E-state index contributed by atoms with van der Waals surface area (Å²) in [5.41, 5.74) is 0. The molecule has 1 aliphatic heterocycles. The molecule has 0 radical (unpaired) electrons. The number of carbonyl (C=O) groups excluding carboxylic acids is 1. The van der Waals surface area contributed by atoms with Crippen molar-refractivity contribution >= 4 is 16.7 Å². The van der Waals surface area contributed by atoms with E-state index in [2.05, 4.69) is 10.6 Å². The Kier molecular flexibility index (Phi) is 5.25. The molecule has 3 atom stereocenters. The summed E-state index contributed by atoms with van der Waals surface area (Å²) in [6.07, 6.45) is 3.68. The molecule has 1 heterocycles. The summed E-state index contributed by atoms with van der Waals surface area (Å²) in [6, 6.07) is 0.00487. The summed E-state index contributed by atoms with van der Waals surface area (Å²) >= 11 is 0. The molecule has 0 saturated carbocycles. The van der Waals surface area contributed by atoms with Gasteiger partial charge < -0.3 is 10.6 Å². The summed E-state index contributed by atoms with van der Waals surface area (Å²) in [4.78, 5) is 11.7. The molecule has 0 spiro atoms. The Morgan fingerprint density at radius 3 is 2.93 bits per heavy atom. The second-order valence-corrected chi connectivity index (χ2v) is 5.67. The number of piperidine rings is 1. The van der Waals surface area contributed by atoms with Crippen molar-refractivity contribution in [3.63, 3.8) is 0 Å². The highest BCUT2D eigenvalue weighted by Gasteiger charge is 2.21. The Balaban J connectivity index is 2.30. The molecular formula is C10H20N2O2S. The van der Waals surface area contributed by atoms with Gasteiger partial charge in [0, 0.05) is 35.4 Å². The second kappa shape index (κ2) is 6.23. The smallest absolute Gasteiger partial charge is 0.224 e. The van der Waals surface area contributed by atoms with E-state index in [-0.39, 0.29) is 17.9 Å². The maximum atomic E-state index is 11.7. The van der Waals surface area contributed by atoms with Gasteiger partial charge in [-0.15, -0.1) is 0 Å². The number of amides is 1. The molecule has 1 fully saturated rings. The number of hydrogen-bond donors (Lipinski definition) is 2. The van der Waals surface area contributed by atoms with E-state index in [1.807, 2.05) is 6.92 Å². The van der Waals surface area contributed by atoms with Gasteiger partial charge in [0.05, 0.1) is 5.92 Å². The third-order valence-corrected chi connectivity index (χ3v) is 3.51. The van der Waals surface area contributed by atoms with Crippen molar-refractivity contribution in [1.82, 2.24) is 10.6 Å². The topological polar surface area (TPSA) is 58.2 Å². The van der Waals surface area contributed by atoms with Crippen LogP contribution in [0.3, 0.4) is 0 Å². The third kappa shape index (κ3) is 4.75. The fraction of sp³-hybridized carbons (Fsp3) is 0.900. The van der Waals surface area contributed by atoms with Crippen LogP contribution in [0.1, 0.15) is 19.8 Å².